The summed E-state index contributed by atoms with van der Waals surface area (Å²) in [5.41, 5.74) is 3.22. The van der Waals surface area contributed by atoms with Crippen molar-refractivity contribution in [2.45, 2.75) is 13.0 Å². The van der Waals surface area contributed by atoms with Gasteiger partial charge in [-0.2, -0.15) is 0 Å². The van der Waals surface area contributed by atoms with Crippen molar-refractivity contribution in [3.63, 3.8) is 0 Å². The van der Waals surface area contributed by atoms with E-state index in [9.17, 15) is 9.59 Å². The molecule has 3 aromatic carbocycles. The molecule has 2 amide bonds. The zero-order chi connectivity index (χ0) is 21.3. The molecule has 0 aliphatic rings. The lowest BCUT2D eigenvalue weighted by atomic mass is 9.99. The molecule has 0 atom stereocenters. The summed E-state index contributed by atoms with van der Waals surface area (Å²) in [4.78, 5) is 24.0. The van der Waals surface area contributed by atoms with Crippen molar-refractivity contribution < 1.29 is 14.3 Å². The molecular formula is C24H25N3O3. The first kappa shape index (κ1) is 21.1. The minimum Gasteiger partial charge on any atom is -0.495 e. The van der Waals surface area contributed by atoms with E-state index in [1.165, 1.54) is 14.0 Å². The summed E-state index contributed by atoms with van der Waals surface area (Å²) in [6, 6.07) is 24.9. The molecule has 0 bridgehead atoms. The van der Waals surface area contributed by atoms with E-state index in [1.54, 1.807) is 18.2 Å². The zero-order valence-corrected chi connectivity index (χ0v) is 17.0. The Hall–Kier alpha value is -3.64. The molecule has 30 heavy (non-hydrogen) atoms. The molecule has 0 radical (unpaired) electrons. The summed E-state index contributed by atoms with van der Waals surface area (Å²) in [5.74, 6) is 0.109. The highest BCUT2D eigenvalue weighted by atomic mass is 16.5. The van der Waals surface area contributed by atoms with Gasteiger partial charge in [-0.05, 0) is 29.3 Å². The number of carbonyl (C=O) groups excluding carboxylic acids is 2. The van der Waals surface area contributed by atoms with Crippen LogP contribution < -0.4 is 20.7 Å². The molecule has 0 aromatic heterocycles. The molecule has 3 aromatic rings. The lowest BCUT2D eigenvalue weighted by Crippen LogP contribution is -2.32. The van der Waals surface area contributed by atoms with Crippen LogP contribution >= 0.6 is 0 Å². The van der Waals surface area contributed by atoms with Crippen LogP contribution in [0.1, 0.15) is 24.1 Å². The van der Waals surface area contributed by atoms with Crippen molar-refractivity contribution in [3.05, 3.63) is 90.0 Å². The van der Waals surface area contributed by atoms with Crippen LogP contribution in [0.15, 0.2) is 78.9 Å². The van der Waals surface area contributed by atoms with Gasteiger partial charge in [0, 0.05) is 12.6 Å². The standard InChI is InChI=1S/C24H25N3O3/c1-17(28)26-20-13-14-22(30-2)21(15-20)27-23(29)16-25-24(18-9-5-3-6-10-18)19-11-7-4-8-12-19/h3-15,24-25H,16H2,1-2H3,(H,26,28)(H,27,29). The molecule has 3 rings (SSSR count). The van der Waals surface area contributed by atoms with Crippen molar-refractivity contribution in [2.75, 3.05) is 24.3 Å². The summed E-state index contributed by atoms with van der Waals surface area (Å²) < 4.78 is 5.32. The predicted octanol–water partition coefficient (Wildman–Crippen LogP) is 3.97. The van der Waals surface area contributed by atoms with Gasteiger partial charge in [-0.25, -0.2) is 0 Å². The predicted molar refractivity (Wildman–Crippen MR) is 119 cm³/mol. The number of amides is 2. The van der Waals surface area contributed by atoms with Crippen LogP contribution in [0.25, 0.3) is 0 Å². The average Bonchev–Trinajstić information content (AvgIpc) is 2.75. The van der Waals surface area contributed by atoms with Crippen molar-refractivity contribution >= 4 is 23.2 Å². The number of carbonyl (C=O) groups is 2. The van der Waals surface area contributed by atoms with E-state index in [0.717, 1.165) is 11.1 Å². The highest BCUT2D eigenvalue weighted by Crippen LogP contribution is 2.28. The van der Waals surface area contributed by atoms with Crippen molar-refractivity contribution in [1.82, 2.24) is 5.32 Å². The average molecular weight is 403 g/mol. The summed E-state index contributed by atoms with van der Waals surface area (Å²) >= 11 is 0. The Kier molecular flexibility index (Phi) is 7.19. The Labute approximate surface area is 176 Å². The molecule has 0 aliphatic carbocycles. The second kappa shape index (κ2) is 10.2. The first-order chi connectivity index (χ1) is 14.6. The third-order valence-corrected chi connectivity index (χ3v) is 4.53. The third-order valence-electron chi connectivity index (χ3n) is 4.53. The largest absolute Gasteiger partial charge is 0.495 e. The third kappa shape index (κ3) is 5.68. The van der Waals surface area contributed by atoms with Crippen molar-refractivity contribution in [1.29, 1.82) is 0 Å². The van der Waals surface area contributed by atoms with Crippen LogP contribution in [0, 0.1) is 0 Å². The molecule has 154 valence electrons. The molecule has 0 spiro atoms. The number of ether oxygens (including phenoxy) is 1. The number of hydrogen-bond acceptors (Lipinski definition) is 4. The van der Waals surface area contributed by atoms with Gasteiger partial charge in [-0.3, -0.25) is 14.9 Å². The van der Waals surface area contributed by atoms with Gasteiger partial charge in [0.2, 0.25) is 11.8 Å². The number of benzene rings is 3. The smallest absolute Gasteiger partial charge is 0.238 e. The Balaban J connectivity index is 1.73. The van der Waals surface area contributed by atoms with Crippen molar-refractivity contribution in [2.24, 2.45) is 0 Å². The minimum absolute atomic E-state index is 0.0992. The Morgan fingerprint density at radius 2 is 1.47 bits per heavy atom. The number of rotatable bonds is 8. The van der Waals surface area contributed by atoms with E-state index in [2.05, 4.69) is 16.0 Å². The van der Waals surface area contributed by atoms with Crippen molar-refractivity contribution in [3.8, 4) is 5.75 Å². The topological polar surface area (TPSA) is 79.5 Å². The molecule has 0 unspecified atom stereocenters. The second-order valence-corrected chi connectivity index (χ2v) is 6.78. The van der Waals surface area contributed by atoms with E-state index < -0.39 is 0 Å². The summed E-state index contributed by atoms with van der Waals surface area (Å²) in [7, 11) is 1.53. The maximum absolute atomic E-state index is 12.7. The van der Waals surface area contributed by atoms with Gasteiger partial charge in [0.05, 0.1) is 25.4 Å². The Morgan fingerprint density at radius 1 is 0.867 bits per heavy atom. The molecule has 0 saturated carbocycles. The number of anilines is 2. The van der Waals surface area contributed by atoms with Crippen LogP contribution in [0.4, 0.5) is 11.4 Å². The quantitative estimate of drug-likeness (QED) is 0.532. The number of methoxy groups -OCH3 is 1. The van der Waals surface area contributed by atoms with Gasteiger partial charge >= 0.3 is 0 Å². The zero-order valence-electron chi connectivity index (χ0n) is 17.0. The van der Waals surface area contributed by atoms with Gasteiger partial charge in [-0.1, -0.05) is 60.7 Å². The molecule has 3 N–H and O–H groups in total. The lowest BCUT2D eigenvalue weighted by Gasteiger charge is -2.20. The lowest BCUT2D eigenvalue weighted by molar-refractivity contribution is -0.115. The fraction of sp³-hybridized carbons (Fsp3) is 0.167. The SMILES string of the molecule is COc1ccc(NC(C)=O)cc1NC(=O)CNC(c1ccccc1)c1ccccc1. The molecular weight excluding hydrogens is 378 g/mol. The molecule has 0 heterocycles. The van der Waals surface area contributed by atoms with E-state index in [-0.39, 0.29) is 24.4 Å². The highest BCUT2D eigenvalue weighted by Gasteiger charge is 2.16. The first-order valence-corrected chi connectivity index (χ1v) is 9.65. The van der Waals surface area contributed by atoms with Crippen LogP contribution in [0.5, 0.6) is 5.75 Å². The molecule has 6 heteroatoms. The van der Waals surface area contributed by atoms with Crippen LogP contribution in [-0.2, 0) is 9.59 Å². The highest BCUT2D eigenvalue weighted by molar-refractivity contribution is 5.95. The van der Waals surface area contributed by atoms with Gasteiger partial charge < -0.3 is 15.4 Å². The Morgan fingerprint density at radius 3 is 2.00 bits per heavy atom. The summed E-state index contributed by atoms with van der Waals surface area (Å²) in [5, 5.41) is 8.89. The maximum atomic E-state index is 12.7. The molecule has 0 aliphatic heterocycles. The maximum Gasteiger partial charge on any atom is 0.238 e. The molecule has 6 nitrogen and oxygen atoms in total. The monoisotopic (exact) mass is 403 g/mol. The second-order valence-electron chi connectivity index (χ2n) is 6.78. The van der Waals surface area contributed by atoms with Crippen LogP contribution in [0.3, 0.4) is 0 Å². The number of hydrogen-bond donors (Lipinski definition) is 3. The summed E-state index contributed by atoms with van der Waals surface area (Å²) in [6.45, 7) is 1.53. The van der Waals surface area contributed by atoms with Gasteiger partial charge in [-0.15, -0.1) is 0 Å². The van der Waals surface area contributed by atoms with E-state index in [0.29, 0.717) is 17.1 Å². The Bertz CT molecular complexity index is 952. The molecule has 0 fully saturated rings. The molecule has 0 saturated heterocycles. The van der Waals surface area contributed by atoms with Gasteiger partial charge in [0.1, 0.15) is 5.75 Å². The normalized spacial score (nSPS) is 10.5. The fourth-order valence-electron chi connectivity index (χ4n) is 3.19. The van der Waals surface area contributed by atoms with Crippen LogP contribution in [-0.4, -0.2) is 25.5 Å². The number of nitrogens with one attached hydrogen (secondary N) is 3. The summed E-state index contributed by atoms with van der Waals surface area (Å²) in [6.07, 6.45) is 0. The van der Waals surface area contributed by atoms with Gasteiger partial charge in [0.15, 0.2) is 0 Å². The van der Waals surface area contributed by atoms with E-state index >= 15 is 0 Å². The fourth-order valence-corrected chi connectivity index (χ4v) is 3.19. The minimum atomic E-state index is -0.217. The first-order valence-electron chi connectivity index (χ1n) is 9.65. The van der Waals surface area contributed by atoms with Gasteiger partial charge in [0.25, 0.3) is 0 Å². The van der Waals surface area contributed by atoms with E-state index in [1.807, 2.05) is 60.7 Å². The van der Waals surface area contributed by atoms with E-state index in [4.69, 9.17) is 4.74 Å². The van der Waals surface area contributed by atoms with Crippen LogP contribution in [0.2, 0.25) is 0 Å².